The Kier molecular flexibility index (Phi) is 4.83. The lowest BCUT2D eigenvalue weighted by atomic mass is 9.96. The Balaban J connectivity index is 1.96. The molecule has 4 aromatic rings. The maximum Gasteiger partial charge on any atom is 0.0718 e. The summed E-state index contributed by atoms with van der Waals surface area (Å²) in [7, 11) is 0. The van der Waals surface area contributed by atoms with Crippen LogP contribution in [-0.2, 0) is 0 Å². The van der Waals surface area contributed by atoms with Crippen LogP contribution in [0.2, 0.25) is 0 Å². The van der Waals surface area contributed by atoms with Crippen LogP contribution in [0.4, 0.5) is 0 Å². The van der Waals surface area contributed by atoms with Gasteiger partial charge in [-0.15, -0.1) is 0 Å². The molecule has 4 rings (SSSR count). The molecule has 0 unspecified atom stereocenters. The first-order valence-electron chi connectivity index (χ1n) is 9.74. The fraction of sp³-hybridized carbons (Fsp3) is 0.148. The molecule has 0 saturated heterocycles. The molecule has 0 amide bonds. The minimum absolute atomic E-state index is 1.02. The molecule has 0 aliphatic carbocycles. The van der Waals surface area contributed by atoms with Crippen molar-refractivity contribution < 1.29 is 0 Å². The van der Waals surface area contributed by atoms with E-state index in [9.17, 15) is 0 Å². The lowest BCUT2D eigenvalue weighted by Gasteiger charge is -2.14. The van der Waals surface area contributed by atoms with Gasteiger partial charge in [0.2, 0.25) is 0 Å². The number of rotatable bonds is 3. The van der Waals surface area contributed by atoms with Crippen LogP contribution < -0.4 is 0 Å². The zero-order valence-corrected chi connectivity index (χ0v) is 17.0. The Morgan fingerprint density at radius 3 is 1.46 bits per heavy atom. The van der Waals surface area contributed by atoms with Gasteiger partial charge in [0, 0.05) is 11.1 Å². The van der Waals surface area contributed by atoms with Gasteiger partial charge in [0.25, 0.3) is 0 Å². The molecular formula is C27H25N. The monoisotopic (exact) mass is 363 g/mol. The standard InChI is InChI=1S/C27H25N/c1-18-10-12-24(20(3)14-18)26-16-23(22-8-6-5-7-9-22)17-27(28-26)25-13-11-19(2)15-21(25)4/h5-17H,1-4H3. The molecule has 1 heteroatoms. The van der Waals surface area contributed by atoms with E-state index in [4.69, 9.17) is 4.98 Å². The van der Waals surface area contributed by atoms with E-state index in [2.05, 4.69) is 107 Å². The average Bonchev–Trinajstić information content (AvgIpc) is 2.68. The van der Waals surface area contributed by atoms with Crippen LogP contribution >= 0.6 is 0 Å². The van der Waals surface area contributed by atoms with Crippen molar-refractivity contribution >= 4 is 0 Å². The van der Waals surface area contributed by atoms with Crippen LogP contribution in [0, 0.1) is 27.7 Å². The van der Waals surface area contributed by atoms with Crippen molar-refractivity contribution in [1.29, 1.82) is 0 Å². The molecule has 1 heterocycles. The van der Waals surface area contributed by atoms with Gasteiger partial charge in [-0.2, -0.15) is 0 Å². The molecule has 0 aliphatic heterocycles. The third-order valence-corrected chi connectivity index (χ3v) is 5.25. The lowest BCUT2D eigenvalue weighted by Crippen LogP contribution is -1.95. The van der Waals surface area contributed by atoms with Gasteiger partial charge >= 0.3 is 0 Å². The van der Waals surface area contributed by atoms with Crippen LogP contribution in [0.25, 0.3) is 33.6 Å². The summed E-state index contributed by atoms with van der Waals surface area (Å²) < 4.78 is 0. The SMILES string of the molecule is Cc1ccc(-c2cc(-c3ccccc3)cc(-c3ccc(C)cc3C)n2)c(C)c1. The van der Waals surface area contributed by atoms with E-state index in [0.29, 0.717) is 0 Å². The molecule has 138 valence electrons. The molecule has 0 fully saturated rings. The van der Waals surface area contributed by atoms with E-state index >= 15 is 0 Å². The highest BCUT2D eigenvalue weighted by Gasteiger charge is 2.12. The van der Waals surface area contributed by atoms with Gasteiger partial charge in [0.05, 0.1) is 11.4 Å². The molecule has 1 aromatic heterocycles. The van der Waals surface area contributed by atoms with Crippen molar-refractivity contribution in [2.75, 3.05) is 0 Å². The second kappa shape index (κ2) is 7.44. The first-order chi connectivity index (χ1) is 13.5. The number of nitrogens with zero attached hydrogens (tertiary/aromatic N) is 1. The molecule has 1 nitrogen and oxygen atoms in total. The van der Waals surface area contributed by atoms with Crippen molar-refractivity contribution in [2.45, 2.75) is 27.7 Å². The van der Waals surface area contributed by atoms with Gasteiger partial charge < -0.3 is 0 Å². The lowest BCUT2D eigenvalue weighted by molar-refractivity contribution is 1.28. The Hall–Kier alpha value is -3.19. The molecule has 0 N–H and O–H groups in total. The second-order valence-electron chi connectivity index (χ2n) is 7.63. The Labute approximate surface area is 167 Å². The zero-order chi connectivity index (χ0) is 19.7. The number of hydrogen-bond acceptors (Lipinski definition) is 1. The first kappa shape index (κ1) is 18.2. The summed E-state index contributed by atoms with van der Waals surface area (Å²) in [5.41, 5.74) is 11.9. The summed E-state index contributed by atoms with van der Waals surface area (Å²) in [4.78, 5) is 5.08. The summed E-state index contributed by atoms with van der Waals surface area (Å²) in [5, 5.41) is 0. The van der Waals surface area contributed by atoms with E-state index in [1.165, 1.54) is 44.5 Å². The van der Waals surface area contributed by atoms with Crippen LogP contribution in [-0.4, -0.2) is 4.98 Å². The highest BCUT2D eigenvalue weighted by atomic mass is 14.7. The van der Waals surface area contributed by atoms with Crippen molar-refractivity contribution in [2.24, 2.45) is 0 Å². The Morgan fingerprint density at radius 1 is 0.500 bits per heavy atom. The van der Waals surface area contributed by atoms with Crippen molar-refractivity contribution in [1.82, 2.24) is 4.98 Å². The Morgan fingerprint density at radius 2 is 1.00 bits per heavy atom. The van der Waals surface area contributed by atoms with E-state index in [0.717, 1.165) is 11.4 Å². The minimum atomic E-state index is 1.02. The van der Waals surface area contributed by atoms with Crippen LogP contribution in [0.1, 0.15) is 22.3 Å². The number of aromatic nitrogens is 1. The second-order valence-corrected chi connectivity index (χ2v) is 7.63. The van der Waals surface area contributed by atoms with Gasteiger partial charge in [-0.25, -0.2) is 4.98 Å². The van der Waals surface area contributed by atoms with Crippen LogP contribution in [0.5, 0.6) is 0 Å². The molecule has 0 bridgehead atoms. The quantitative estimate of drug-likeness (QED) is 0.372. The van der Waals surface area contributed by atoms with Crippen molar-refractivity contribution in [3.05, 3.63) is 101 Å². The third kappa shape index (κ3) is 3.61. The van der Waals surface area contributed by atoms with Crippen molar-refractivity contribution in [3.63, 3.8) is 0 Å². The molecule has 0 aliphatic rings. The normalized spacial score (nSPS) is 10.9. The predicted molar refractivity (Wildman–Crippen MR) is 119 cm³/mol. The highest BCUT2D eigenvalue weighted by molar-refractivity contribution is 5.78. The number of hydrogen-bond donors (Lipinski definition) is 0. The topological polar surface area (TPSA) is 12.9 Å². The van der Waals surface area contributed by atoms with Gasteiger partial charge in [-0.05, 0) is 62.1 Å². The highest BCUT2D eigenvalue weighted by Crippen LogP contribution is 2.33. The summed E-state index contributed by atoms with van der Waals surface area (Å²) in [5.74, 6) is 0. The molecule has 0 saturated carbocycles. The van der Waals surface area contributed by atoms with Gasteiger partial charge in [0.1, 0.15) is 0 Å². The largest absolute Gasteiger partial charge is 0.248 e. The van der Waals surface area contributed by atoms with Gasteiger partial charge in [-0.3, -0.25) is 0 Å². The van der Waals surface area contributed by atoms with E-state index in [1.807, 2.05) is 0 Å². The predicted octanol–water partition coefficient (Wildman–Crippen LogP) is 7.32. The number of benzene rings is 3. The molecule has 3 aromatic carbocycles. The van der Waals surface area contributed by atoms with E-state index in [-0.39, 0.29) is 0 Å². The van der Waals surface area contributed by atoms with Gasteiger partial charge in [0.15, 0.2) is 0 Å². The fourth-order valence-corrected chi connectivity index (χ4v) is 3.81. The van der Waals surface area contributed by atoms with Crippen LogP contribution in [0.3, 0.4) is 0 Å². The molecule has 28 heavy (non-hydrogen) atoms. The number of aryl methyl sites for hydroxylation is 4. The van der Waals surface area contributed by atoms with Crippen LogP contribution in [0.15, 0.2) is 78.9 Å². The summed E-state index contributed by atoms with van der Waals surface area (Å²) in [6.07, 6.45) is 0. The fourth-order valence-electron chi connectivity index (χ4n) is 3.81. The molecule has 0 spiro atoms. The zero-order valence-electron chi connectivity index (χ0n) is 17.0. The maximum atomic E-state index is 5.08. The van der Waals surface area contributed by atoms with Crippen molar-refractivity contribution in [3.8, 4) is 33.6 Å². The van der Waals surface area contributed by atoms with E-state index < -0.39 is 0 Å². The third-order valence-electron chi connectivity index (χ3n) is 5.25. The Bertz CT molecular complexity index is 1070. The summed E-state index contributed by atoms with van der Waals surface area (Å²) in [6, 6.07) is 28.1. The average molecular weight is 364 g/mol. The van der Waals surface area contributed by atoms with Gasteiger partial charge in [-0.1, -0.05) is 77.9 Å². The maximum absolute atomic E-state index is 5.08. The number of pyridine rings is 1. The summed E-state index contributed by atoms with van der Waals surface area (Å²) >= 11 is 0. The summed E-state index contributed by atoms with van der Waals surface area (Å²) in [6.45, 7) is 8.59. The molecular weight excluding hydrogens is 338 g/mol. The minimum Gasteiger partial charge on any atom is -0.248 e. The first-order valence-corrected chi connectivity index (χ1v) is 9.74. The molecule has 0 atom stereocenters. The smallest absolute Gasteiger partial charge is 0.0718 e. The molecule has 0 radical (unpaired) electrons. The van der Waals surface area contributed by atoms with E-state index in [1.54, 1.807) is 0 Å².